The van der Waals surface area contributed by atoms with Crippen molar-refractivity contribution < 1.29 is 31.5 Å². The predicted molar refractivity (Wildman–Crippen MR) is 116 cm³/mol. The van der Waals surface area contributed by atoms with Gasteiger partial charge in [0, 0.05) is 17.8 Å². The summed E-state index contributed by atoms with van der Waals surface area (Å²) in [5, 5.41) is 5.49. The number of benzene rings is 1. The van der Waals surface area contributed by atoms with Crippen molar-refractivity contribution in [1.82, 2.24) is 10.2 Å². The molecule has 2 N–H and O–H groups in total. The van der Waals surface area contributed by atoms with Crippen molar-refractivity contribution in [2.45, 2.75) is 75.3 Å². The van der Waals surface area contributed by atoms with Gasteiger partial charge in [0.1, 0.15) is 5.60 Å². The summed E-state index contributed by atoms with van der Waals surface area (Å²) in [6.07, 6.45) is 2.19. The molecule has 1 fully saturated rings. The van der Waals surface area contributed by atoms with Crippen LogP contribution in [-0.2, 0) is 19.4 Å². The molecule has 1 saturated heterocycles. The molecule has 1 aliphatic heterocycles. The zero-order chi connectivity index (χ0) is 24.1. The quantitative estimate of drug-likeness (QED) is 0.626. The number of sulfone groups is 1. The molecule has 8 nitrogen and oxygen atoms in total. The predicted octanol–water partition coefficient (Wildman–Crippen LogP) is 3.39. The number of amides is 2. The third-order valence-electron chi connectivity index (χ3n) is 5.03. The maximum atomic E-state index is 12.6. The molecule has 180 valence electrons. The SMILES string of the molecule is C[C@H](NC(=O)OC(C)(C)C)[C@H]1CCCCN1CC(=O)Nc1ccc(S(=O)(=O)C(F)F)cc1. The Morgan fingerprint density at radius 2 is 1.81 bits per heavy atom. The zero-order valence-corrected chi connectivity index (χ0v) is 19.5. The first kappa shape index (κ1) is 26.0. The fourth-order valence-electron chi connectivity index (χ4n) is 3.58. The molecular weight excluding hydrogens is 444 g/mol. The molecule has 2 amide bonds. The molecule has 2 rings (SSSR count). The van der Waals surface area contributed by atoms with E-state index >= 15 is 0 Å². The topological polar surface area (TPSA) is 105 Å². The molecule has 0 radical (unpaired) electrons. The first-order valence-corrected chi connectivity index (χ1v) is 12.0. The Bertz CT molecular complexity index is 901. The molecule has 32 heavy (non-hydrogen) atoms. The number of carbonyl (C=O) groups is 2. The Kier molecular flexibility index (Phi) is 8.58. The fraction of sp³-hybridized carbons (Fsp3) is 0.619. The van der Waals surface area contributed by atoms with Crippen LogP contribution in [0.25, 0.3) is 0 Å². The Hall–Kier alpha value is -2.27. The van der Waals surface area contributed by atoms with E-state index in [1.807, 2.05) is 11.8 Å². The Morgan fingerprint density at radius 3 is 2.38 bits per heavy atom. The van der Waals surface area contributed by atoms with Gasteiger partial charge in [-0.25, -0.2) is 13.2 Å². The molecule has 11 heteroatoms. The van der Waals surface area contributed by atoms with E-state index in [0.29, 0.717) is 12.2 Å². The minimum atomic E-state index is -4.68. The molecule has 0 saturated carbocycles. The number of alkyl halides is 2. The summed E-state index contributed by atoms with van der Waals surface area (Å²) < 4.78 is 53.6. The van der Waals surface area contributed by atoms with Gasteiger partial charge in [-0.2, -0.15) is 8.78 Å². The molecule has 0 aliphatic carbocycles. The Morgan fingerprint density at radius 1 is 1.19 bits per heavy atom. The average Bonchev–Trinajstić information content (AvgIpc) is 2.67. The van der Waals surface area contributed by atoms with Crippen molar-refractivity contribution in [1.29, 1.82) is 0 Å². The largest absolute Gasteiger partial charge is 0.444 e. The van der Waals surface area contributed by atoms with Gasteiger partial charge in [0.15, 0.2) is 0 Å². The van der Waals surface area contributed by atoms with E-state index < -0.39 is 32.2 Å². The van der Waals surface area contributed by atoms with Crippen LogP contribution in [0.4, 0.5) is 19.3 Å². The summed E-state index contributed by atoms with van der Waals surface area (Å²) in [5.74, 6) is -3.83. The van der Waals surface area contributed by atoms with E-state index in [1.54, 1.807) is 20.8 Å². The van der Waals surface area contributed by atoms with Crippen LogP contribution in [0.1, 0.15) is 47.0 Å². The third kappa shape index (κ3) is 7.40. The highest BCUT2D eigenvalue weighted by atomic mass is 32.2. The van der Waals surface area contributed by atoms with Gasteiger partial charge in [0.25, 0.3) is 0 Å². The number of alkyl carbamates (subject to hydrolysis) is 1. The van der Waals surface area contributed by atoms with Gasteiger partial charge >= 0.3 is 11.9 Å². The van der Waals surface area contributed by atoms with Gasteiger partial charge in [-0.15, -0.1) is 0 Å². The lowest BCUT2D eigenvalue weighted by molar-refractivity contribution is -0.118. The van der Waals surface area contributed by atoms with E-state index in [9.17, 15) is 26.8 Å². The number of hydrogen-bond acceptors (Lipinski definition) is 6. The number of hydrogen-bond donors (Lipinski definition) is 2. The van der Waals surface area contributed by atoms with Crippen molar-refractivity contribution >= 4 is 27.5 Å². The minimum absolute atomic E-state index is 0.0550. The maximum absolute atomic E-state index is 12.6. The minimum Gasteiger partial charge on any atom is -0.444 e. The lowest BCUT2D eigenvalue weighted by Gasteiger charge is -2.39. The molecule has 0 unspecified atom stereocenters. The summed E-state index contributed by atoms with van der Waals surface area (Å²) in [4.78, 5) is 26.1. The number of halogens is 2. The number of carbonyl (C=O) groups excluding carboxylic acids is 2. The summed E-state index contributed by atoms with van der Waals surface area (Å²) in [6, 6.07) is 4.32. The summed E-state index contributed by atoms with van der Waals surface area (Å²) in [5.41, 5.74) is -0.308. The van der Waals surface area contributed by atoms with Crippen molar-refractivity contribution in [2.75, 3.05) is 18.4 Å². The van der Waals surface area contributed by atoms with E-state index in [0.717, 1.165) is 31.4 Å². The number of nitrogens with one attached hydrogen (secondary N) is 2. The van der Waals surface area contributed by atoms with Gasteiger partial charge in [0.2, 0.25) is 15.7 Å². The number of nitrogens with zero attached hydrogens (tertiary/aromatic N) is 1. The standard InChI is InChI=1S/C21H31F2N3O5S/c1-14(24-20(28)31-21(2,3)4)17-7-5-6-12-26(17)13-18(27)25-15-8-10-16(11-9-15)32(29,30)19(22)23/h8-11,14,17,19H,5-7,12-13H2,1-4H3,(H,24,28)(H,25,27)/t14-,17+/m0/s1. The molecule has 2 atom stereocenters. The van der Waals surface area contributed by atoms with Gasteiger partial charge < -0.3 is 15.4 Å². The fourth-order valence-corrected chi connectivity index (χ4v) is 4.31. The smallest absolute Gasteiger partial charge is 0.407 e. The van der Waals surface area contributed by atoms with E-state index in [4.69, 9.17) is 4.74 Å². The van der Waals surface area contributed by atoms with Gasteiger partial charge in [-0.3, -0.25) is 9.69 Å². The van der Waals surface area contributed by atoms with Crippen LogP contribution < -0.4 is 10.6 Å². The van der Waals surface area contributed by atoms with Crippen LogP contribution in [-0.4, -0.2) is 61.8 Å². The molecule has 0 bridgehead atoms. The van der Waals surface area contributed by atoms with Crippen LogP contribution in [0, 0.1) is 0 Å². The number of ether oxygens (including phenoxy) is 1. The third-order valence-corrected chi connectivity index (χ3v) is 6.43. The summed E-state index contributed by atoms with van der Waals surface area (Å²) in [7, 11) is -4.68. The lowest BCUT2D eigenvalue weighted by atomic mass is 9.96. The average molecular weight is 476 g/mol. The molecular formula is C21H31F2N3O5S. The monoisotopic (exact) mass is 475 g/mol. The van der Waals surface area contributed by atoms with Crippen molar-refractivity contribution in [3.05, 3.63) is 24.3 Å². The van der Waals surface area contributed by atoms with E-state index in [2.05, 4.69) is 10.6 Å². The van der Waals surface area contributed by atoms with Gasteiger partial charge in [-0.1, -0.05) is 6.42 Å². The first-order valence-electron chi connectivity index (χ1n) is 10.4. The highest BCUT2D eigenvalue weighted by Crippen LogP contribution is 2.22. The van der Waals surface area contributed by atoms with Crippen molar-refractivity contribution in [2.24, 2.45) is 0 Å². The highest BCUT2D eigenvalue weighted by Gasteiger charge is 2.31. The second-order valence-corrected chi connectivity index (χ2v) is 10.8. The Labute approximate surface area is 187 Å². The summed E-state index contributed by atoms with van der Waals surface area (Å²) in [6.45, 7) is 7.97. The highest BCUT2D eigenvalue weighted by molar-refractivity contribution is 7.91. The summed E-state index contributed by atoms with van der Waals surface area (Å²) >= 11 is 0. The van der Waals surface area contributed by atoms with E-state index in [1.165, 1.54) is 12.1 Å². The number of anilines is 1. The van der Waals surface area contributed by atoms with E-state index in [-0.39, 0.29) is 24.5 Å². The molecule has 0 aromatic heterocycles. The normalized spacial score (nSPS) is 18.8. The van der Waals surface area contributed by atoms with Crippen molar-refractivity contribution in [3.8, 4) is 0 Å². The maximum Gasteiger partial charge on any atom is 0.407 e. The van der Waals surface area contributed by atoms with Crippen LogP contribution in [0.5, 0.6) is 0 Å². The zero-order valence-electron chi connectivity index (χ0n) is 18.7. The van der Waals surface area contributed by atoms with Crippen LogP contribution in [0.2, 0.25) is 0 Å². The molecule has 1 heterocycles. The van der Waals surface area contributed by atoms with Gasteiger partial charge in [-0.05, 0) is 71.3 Å². The van der Waals surface area contributed by atoms with Crippen LogP contribution in [0.15, 0.2) is 29.2 Å². The van der Waals surface area contributed by atoms with Gasteiger partial charge in [0.05, 0.1) is 11.4 Å². The lowest BCUT2D eigenvalue weighted by Crippen LogP contribution is -2.54. The number of piperidine rings is 1. The Balaban J connectivity index is 1.97. The first-order chi connectivity index (χ1) is 14.8. The second kappa shape index (κ2) is 10.6. The second-order valence-electron chi connectivity index (χ2n) is 8.85. The molecule has 1 aliphatic rings. The number of rotatable bonds is 7. The van der Waals surface area contributed by atoms with Crippen LogP contribution >= 0.6 is 0 Å². The van der Waals surface area contributed by atoms with Crippen molar-refractivity contribution in [3.63, 3.8) is 0 Å². The van der Waals surface area contributed by atoms with Crippen LogP contribution in [0.3, 0.4) is 0 Å². The molecule has 1 aromatic rings. The molecule has 1 aromatic carbocycles. The molecule has 0 spiro atoms. The number of likely N-dealkylation sites (tertiary alicyclic amines) is 1.